The van der Waals surface area contributed by atoms with Crippen LogP contribution in [0, 0.1) is 0 Å². The van der Waals surface area contributed by atoms with E-state index in [4.69, 9.17) is 20.6 Å². The number of benzene rings is 1. The number of alkyl halides is 3. The Morgan fingerprint density at radius 3 is 2.00 bits per heavy atom. The fraction of sp³-hybridized carbons (Fsp3) is 0.385. The maximum absolute atomic E-state index is 13.3. The lowest BCUT2D eigenvalue weighted by molar-refractivity contribution is -0.0690. The van der Waals surface area contributed by atoms with E-state index < -0.39 is 24.1 Å². The van der Waals surface area contributed by atoms with Crippen molar-refractivity contribution in [2.45, 2.75) is 20.0 Å². The predicted octanol–water partition coefficient (Wildman–Crippen LogP) is 5.42. The summed E-state index contributed by atoms with van der Waals surface area (Å²) in [5, 5.41) is 0. The molecule has 0 aliphatic heterocycles. The van der Waals surface area contributed by atoms with Crippen molar-refractivity contribution in [1.29, 1.82) is 0 Å². The standard InChI is InChI=1S/C13H15ClF3O3P/c1-3-19-21(18,20-4-2)12(14)11(13(15,16)17)10-8-6-5-7-9-10/h5-9H,3-4H2,1-2H3/b12-11+. The highest BCUT2D eigenvalue weighted by Crippen LogP contribution is 2.62. The molecule has 0 unspecified atom stereocenters. The summed E-state index contributed by atoms with van der Waals surface area (Å²) in [4.78, 5) is 0. The van der Waals surface area contributed by atoms with Gasteiger partial charge in [-0.2, -0.15) is 13.2 Å². The van der Waals surface area contributed by atoms with Gasteiger partial charge in [-0.25, -0.2) is 0 Å². The zero-order valence-corrected chi connectivity index (χ0v) is 13.1. The molecule has 0 aromatic heterocycles. The second-order valence-electron chi connectivity index (χ2n) is 3.86. The number of hydrogen-bond acceptors (Lipinski definition) is 3. The van der Waals surface area contributed by atoms with E-state index in [-0.39, 0.29) is 18.8 Å². The Bertz CT molecular complexity index is 533. The van der Waals surface area contributed by atoms with Gasteiger partial charge in [-0.1, -0.05) is 41.9 Å². The molecule has 21 heavy (non-hydrogen) atoms. The quantitative estimate of drug-likeness (QED) is 0.647. The third-order valence-electron chi connectivity index (χ3n) is 2.39. The highest BCUT2D eigenvalue weighted by molar-refractivity contribution is 7.61. The topological polar surface area (TPSA) is 35.5 Å². The number of allylic oxidation sites excluding steroid dienone is 1. The Labute approximate surface area is 126 Å². The molecule has 0 saturated carbocycles. The molecule has 0 atom stereocenters. The average molecular weight is 343 g/mol. The molecule has 0 heterocycles. The lowest BCUT2D eigenvalue weighted by Crippen LogP contribution is -2.13. The molecule has 0 N–H and O–H groups in total. The van der Waals surface area contributed by atoms with Crippen LogP contribution in [0.25, 0.3) is 5.57 Å². The van der Waals surface area contributed by atoms with E-state index in [1.54, 1.807) is 6.07 Å². The van der Waals surface area contributed by atoms with E-state index in [0.29, 0.717) is 0 Å². The molecule has 3 nitrogen and oxygen atoms in total. The van der Waals surface area contributed by atoms with Crippen molar-refractivity contribution in [3.63, 3.8) is 0 Å². The Kier molecular flexibility index (Phi) is 6.47. The summed E-state index contributed by atoms with van der Waals surface area (Å²) in [6.07, 6.45) is -4.79. The molecular weight excluding hydrogens is 328 g/mol. The zero-order valence-electron chi connectivity index (χ0n) is 11.5. The SMILES string of the molecule is CCOP(=O)(OCC)/C(Cl)=C(\c1ccccc1)C(F)(F)F. The molecule has 0 saturated heterocycles. The first-order chi connectivity index (χ1) is 9.76. The van der Waals surface area contributed by atoms with Crippen molar-refractivity contribution in [2.75, 3.05) is 13.2 Å². The van der Waals surface area contributed by atoms with Crippen LogP contribution in [0.4, 0.5) is 13.2 Å². The van der Waals surface area contributed by atoms with Gasteiger partial charge in [0.25, 0.3) is 0 Å². The maximum atomic E-state index is 13.3. The van der Waals surface area contributed by atoms with Crippen LogP contribution in [0.3, 0.4) is 0 Å². The molecule has 1 rings (SSSR count). The number of rotatable bonds is 6. The van der Waals surface area contributed by atoms with Gasteiger partial charge in [0.2, 0.25) is 0 Å². The van der Waals surface area contributed by atoms with Crippen molar-refractivity contribution in [1.82, 2.24) is 0 Å². The summed E-state index contributed by atoms with van der Waals surface area (Å²) in [6, 6.07) is 6.88. The lowest BCUT2D eigenvalue weighted by Gasteiger charge is -2.21. The third kappa shape index (κ3) is 4.58. The Morgan fingerprint density at radius 2 is 1.62 bits per heavy atom. The number of hydrogen-bond donors (Lipinski definition) is 0. The van der Waals surface area contributed by atoms with E-state index in [1.165, 1.54) is 38.1 Å². The molecule has 118 valence electrons. The average Bonchev–Trinajstić information content (AvgIpc) is 2.39. The molecule has 0 fully saturated rings. The second kappa shape index (κ2) is 7.45. The summed E-state index contributed by atoms with van der Waals surface area (Å²) in [6.45, 7) is 2.80. The second-order valence-corrected chi connectivity index (χ2v) is 6.46. The molecule has 0 amide bonds. The van der Waals surface area contributed by atoms with Crippen LogP contribution in [-0.4, -0.2) is 19.4 Å². The van der Waals surface area contributed by atoms with Crippen molar-refractivity contribution in [3.05, 3.63) is 40.7 Å². The van der Waals surface area contributed by atoms with Crippen LogP contribution < -0.4 is 0 Å². The van der Waals surface area contributed by atoms with E-state index in [2.05, 4.69) is 0 Å². The first-order valence-electron chi connectivity index (χ1n) is 6.18. The molecule has 0 spiro atoms. The van der Waals surface area contributed by atoms with E-state index in [1.807, 2.05) is 0 Å². The highest BCUT2D eigenvalue weighted by Gasteiger charge is 2.43. The van der Waals surface area contributed by atoms with Crippen molar-refractivity contribution < 1.29 is 26.8 Å². The van der Waals surface area contributed by atoms with Crippen LogP contribution in [0.15, 0.2) is 35.1 Å². The highest BCUT2D eigenvalue weighted by atomic mass is 35.5. The van der Waals surface area contributed by atoms with Crippen LogP contribution in [0.1, 0.15) is 19.4 Å². The van der Waals surface area contributed by atoms with Crippen molar-refractivity contribution in [3.8, 4) is 0 Å². The monoisotopic (exact) mass is 342 g/mol. The molecule has 0 bridgehead atoms. The molecular formula is C13H15ClF3O3P. The largest absolute Gasteiger partial charge is 0.418 e. The first kappa shape index (κ1) is 18.2. The molecule has 1 aromatic carbocycles. The summed E-state index contributed by atoms with van der Waals surface area (Å²) in [7, 11) is -4.20. The van der Waals surface area contributed by atoms with Gasteiger partial charge in [-0.05, 0) is 19.4 Å². The van der Waals surface area contributed by atoms with Crippen LogP contribution in [0.2, 0.25) is 0 Å². The third-order valence-corrected chi connectivity index (χ3v) is 5.10. The van der Waals surface area contributed by atoms with Crippen LogP contribution >= 0.6 is 19.2 Å². The van der Waals surface area contributed by atoms with Crippen molar-refractivity contribution in [2.24, 2.45) is 0 Å². The molecule has 0 radical (unpaired) electrons. The Hall–Kier alpha value is -0.810. The number of halogens is 4. The first-order valence-corrected chi connectivity index (χ1v) is 8.10. The minimum atomic E-state index is -4.79. The van der Waals surface area contributed by atoms with E-state index >= 15 is 0 Å². The van der Waals surface area contributed by atoms with Gasteiger partial charge in [0.05, 0.1) is 18.8 Å². The van der Waals surface area contributed by atoms with Gasteiger partial charge in [0.15, 0.2) is 0 Å². The molecule has 0 aliphatic carbocycles. The fourth-order valence-corrected chi connectivity index (χ4v) is 3.65. The summed E-state index contributed by atoms with van der Waals surface area (Å²) < 4.78 is 61.1. The summed E-state index contributed by atoms with van der Waals surface area (Å²) in [5.41, 5.74) is -1.41. The van der Waals surface area contributed by atoms with Gasteiger partial charge >= 0.3 is 13.8 Å². The molecule has 1 aromatic rings. The van der Waals surface area contributed by atoms with Gasteiger partial charge < -0.3 is 9.05 Å². The normalized spacial score (nSPS) is 14.0. The zero-order chi connectivity index (χ0) is 16.1. The maximum Gasteiger partial charge on any atom is 0.418 e. The summed E-state index contributed by atoms with van der Waals surface area (Å²) in [5.74, 6) is 0. The molecule has 8 heteroatoms. The van der Waals surface area contributed by atoms with Crippen molar-refractivity contribution >= 4 is 24.8 Å². The molecule has 0 aliphatic rings. The smallest absolute Gasteiger partial charge is 0.305 e. The Morgan fingerprint density at radius 1 is 1.14 bits per heavy atom. The fourth-order valence-electron chi connectivity index (χ4n) is 1.63. The predicted molar refractivity (Wildman–Crippen MR) is 76.1 cm³/mol. The van der Waals surface area contributed by atoms with Crippen LogP contribution in [-0.2, 0) is 13.6 Å². The Balaban J connectivity index is 3.51. The van der Waals surface area contributed by atoms with Gasteiger partial charge in [0, 0.05) is 0 Å². The lowest BCUT2D eigenvalue weighted by atomic mass is 10.1. The van der Waals surface area contributed by atoms with E-state index in [0.717, 1.165) is 0 Å². The van der Waals surface area contributed by atoms with Gasteiger partial charge in [-0.15, -0.1) is 0 Å². The minimum Gasteiger partial charge on any atom is -0.305 e. The van der Waals surface area contributed by atoms with E-state index in [9.17, 15) is 17.7 Å². The minimum absolute atomic E-state index is 0.0899. The van der Waals surface area contributed by atoms with Crippen LogP contribution in [0.5, 0.6) is 0 Å². The summed E-state index contributed by atoms with van der Waals surface area (Å²) >= 11 is 5.78. The van der Waals surface area contributed by atoms with Gasteiger partial charge in [-0.3, -0.25) is 4.57 Å². The van der Waals surface area contributed by atoms with Gasteiger partial charge in [0.1, 0.15) is 4.77 Å².